The Hall–Kier alpha value is -1.95. The SMILES string of the molecule is Cc1ccc(C(C)Nc2ncccc2[N+](=O)[O-])s1. The average Bonchev–Trinajstić information content (AvgIpc) is 2.76. The van der Waals surface area contributed by atoms with Gasteiger partial charge in [-0.25, -0.2) is 4.98 Å². The maximum Gasteiger partial charge on any atom is 0.311 e. The summed E-state index contributed by atoms with van der Waals surface area (Å²) >= 11 is 1.67. The number of hydrogen-bond donors (Lipinski definition) is 1. The van der Waals surface area contributed by atoms with E-state index in [1.165, 1.54) is 10.9 Å². The summed E-state index contributed by atoms with van der Waals surface area (Å²) in [6, 6.07) is 7.06. The van der Waals surface area contributed by atoms with Crippen molar-refractivity contribution in [2.75, 3.05) is 5.32 Å². The number of rotatable bonds is 4. The lowest BCUT2D eigenvalue weighted by molar-refractivity contribution is -0.384. The van der Waals surface area contributed by atoms with Gasteiger partial charge in [0.15, 0.2) is 0 Å². The minimum absolute atomic E-state index is 0.00220. The van der Waals surface area contributed by atoms with Crippen molar-refractivity contribution in [3.8, 4) is 0 Å². The number of aromatic nitrogens is 1. The van der Waals surface area contributed by atoms with E-state index in [-0.39, 0.29) is 11.7 Å². The first-order valence-corrected chi connectivity index (χ1v) is 6.32. The van der Waals surface area contributed by atoms with Gasteiger partial charge in [-0.2, -0.15) is 0 Å². The Kier molecular flexibility index (Phi) is 3.57. The standard InChI is InChI=1S/C12H13N3O2S/c1-8-5-6-11(18-8)9(2)14-12-10(15(16)17)4-3-7-13-12/h3-7,9H,1-2H3,(H,13,14). The van der Waals surface area contributed by atoms with Gasteiger partial charge in [0, 0.05) is 22.0 Å². The molecule has 2 aromatic heterocycles. The molecular weight excluding hydrogens is 250 g/mol. The summed E-state index contributed by atoms with van der Waals surface area (Å²) in [5, 5.41) is 14.0. The van der Waals surface area contributed by atoms with Gasteiger partial charge in [-0.15, -0.1) is 11.3 Å². The zero-order valence-corrected chi connectivity index (χ0v) is 10.9. The summed E-state index contributed by atoms with van der Waals surface area (Å²) < 4.78 is 0. The molecule has 1 N–H and O–H groups in total. The Morgan fingerprint density at radius 3 is 2.83 bits per heavy atom. The van der Waals surface area contributed by atoms with Crippen molar-refractivity contribution in [1.82, 2.24) is 4.98 Å². The fourth-order valence-corrected chi connectivity index (χ4v) is 2.50. The average molecular weight is 263 g/mol. The van der Waals surface area contributed by atoms with Gasteiger partial charge in [0.2, 0.25) is 5.82 Å². The monoisotopic (exact) mass is 263 g/mol. The second-order valence-corrected chi connectivity index (χ2v) is 5.26. The van der Waals surface area contributed by atoms with E-state index in [9.17, 15) is 10.1 Å². The molecule has 5 nitrogen and oxygen atoms in total. The van der Waals surface area contributed by atoms with Gasteiger partial charge in [-0.3, -0.25) is 10.1 Å². The van der Waals surface area contributed by atoms with Gasteiger partial charge >= 0.3 is 5.69 Å². The Morgan fingerprint density at radius 1 is 1.44 bits per heavy atom. The van der Waals surface area contributed by atoms with E-state index in [1.807, 2.05) is 26.0 Å². The van der Waals surface area contributed by atoms with E-state index in [4.69, 9.17) is 0 Å². The fraction of sp³-hybridized carbons (Fsp3) is 0.250. The van der Waals surface area contributed by atoms with E-state index < -0.39 is 4.92 Å². The Labute approximate surface area is 109 Å². The topological polar surface area (TPSA) is 68.1 Å². The van der Waals surface area contributed by atoms with Crippen molar-refractivity contribution in [2.45, 2.75) is 19.9 Å². The van der Waals surface area contributed by atoms with Gasteiger partial charge in [0.05, 0.1) is 11.0 Å². The zero-order chi connectivity index (χ0) is 13.1. The molecule has 0 aliphatic carbocycles. The number of aryl methyl sites for hydroxylation is 1. The van der Waals surface area contributed by atoms with Crippen LogP contribution in [0.25, 0.3) is 0 Å². The molecule has 6 heteroatoms. The summed E-state index contributed by atoms with van der Waals surface area (Å²) in [6.45, 7) is 3.99. The molecule has 0 bridgehead atoms. The van der Waals surface area contributed by atoms with Crippen LogP contribution in [0.4, 0.5) is 11.5 Å². The van der Waals surface area contributed by atoms with Gasteiger partial charge in [-0.1, -0.05) is 0 Å². The maximum atomic E-state index is 10.9. The Balaban J connectivity index is 2.21. The van der Waals surface area contributed by atoms with Crippen molar-refractivity contribution in [3.05, 3.63) is 50.3 Å². The molecule has 2 aromatic rings. The molecular formula is C12H13N3O2S. The molecule has 1 atom stereocenters. The highest BCUT2D eigenvalue weighted by molar-refractivity contribution is 7.12. The van der Waals surface area contributed by atoms with E-state index in [0.29, 0.717) is 5.82 Å². The van der Waals surface area contributed by atoms with Crippen LogP contribution in [0.15, 0.2) is 30.5 Å². The Bertz CT molecular complexity index is 568. The molecule has 0 aliphatic rings. The van der Waals surface area contributed by atoms with Crippen molar-refractivity contribution in [3.63, 3.8) is 0 Å². The highest BCUT2D eigenvalue weighted by Crippen LogP contribution is 2.28. The molecule has 1 unspecified atom stereocenters. The molecule has 0 fully saturated rings. The highest BCUT2D eigenvalue weighted by Gasteiger charge is 2.17. The summed E-state index contributed by atoms with van der Waals surface area (Å²) in [7, 11) is 0. The number of hydrogen-bond acceptors (Lipinski definition) is 5. The second kappa shape index (κ2) is 5.14. The maximum absolute atomic E-state index is 10.9. The van der Waals surface area contributed by atoms with Crippen LogP contribution < -0.4 is 5.32 Å². The highest BCUT2D eigenvalue weighted by atomic mass is 32.1. The molecule has 2 rings (SSSR count). The zero-order valence-electron chi connectivity index (χ0n) is 10.1. The number of thiophene rings is 1. The largest absolute Gasteiger partial charge is 0.357 e. The van der Waals surface area contributed by atoms with Gasteiger partial charge in [0.1, 0.15) is 0 Å². The lowest BCUT2D eigenvalue weighted by Crippen LogP contribution is -2.08. The van der Waals surface area contributed by atoms with Gasteiger partial charge < -0.3 is 5.32 Å². The van der Waals surface area contributed by atoms with Crippen LogP contribution in [0.3, 0.4) is 0 Å². The Morgan fingerprint density at radius 2 is 2.22 bits per heavy atom. The number of nitro groups is 1. The van der Waals surface area contributed by atoms with Gasteiger partial charge in [0.25, 0.3) is 0 Å². The van der Waals surface area contributed by atoms with E-state index in [1.54, 1.807) is 23.6 Å². The molecule has 0 radical (unpaired) electrons. The van der Waals surface area contributed by atoms with E-state index in [2.05, 4.69) is 10.3 Å². The molecule has 0 saturated heterocycles. The summed E-state index contributed by atoms with van der Waals surface area (Å²) in [5.74, 6) is 0.307. The smallest absolute Gasteiger partial charge is 0.311 e. The summed E-state index contributed by atoms with van der Waals surface area (Å²) in [6.07, 6.45) is 1.54. The van der Waals surface area contributed by atoms with Gasteiger partial charge in [-0.05, 0) is 32.0 Å². The third kappa shape index (κ3) is 2.65. The van der Waals surface area contributed by atoms with Crippen LogP contribution >= 0.6 is 11.3 Å². The number of anilines is 1. The van der Waals surface area contributed by atoms with Crippen LogP contribution in [-0.2, 0) is 0 Å². The van der Waals surface area contributed by atoms with Crippen molar-refractivity contribution >= 4 is 22.8 Å². The summed E-state index contributed by atoms with van der Waals surface area (Å²) in [4.78, 5) is 16.8. The van der Waals surface area contributed by atoms with Crippen LogP contribution in [0.2, 0.25) is 0 Å². The van der Waals surface area contributed by atoms with E-state index in [0.717, 1.165) is 4.88 Å². The summed E-state index contributed by atoms with van der Waals surface area (Å²) in [5.41, 5.74) is -0.00220. The first-order valence-electron chi connectivity index (χ1n) is 5.50. The first-order chi connectivity index (χ1) is 8.58. The molecule has 0 spiro atoms. The van der Waals surface area contributed by atoms with Crippen LogP contribution in [0.5, 0.6) is 0 Å². The molecule has 94 valence electrons. The lowest BCUT2D eigenvalue weighted by atomic mass is 10.2. The quantitative estimate of drug-likeness (QED) is 0.676. The molecule has 0 aliphatic heterocycles. The minimum atomic E-state index is -0.429. The van der Waals surface area contributed by atoms with Crippen molar-refractivity contribution in [1.29, 1.82) is 0 Å². The van der Waals surface area contributed by atoms with Crippen molar-refractivity contribution < 1.29 is 4.92 Å². The fourth-order valence-electron chi connectivity index (χ4n) is 1.62. The second-order valence-electron chi connectivity index (χ2n) is 3.94. The first kappa shape index (κ1) is 12.5. The molecule has 0 aromatic carbocycles. The molecule has 0 saturated carbocycles. The molecule has 0 amide bonds. The van der Waals surface area contributed by atoms with E-state index >= 15 is 0 Å². The van der Waals surface area contributed by atoms with Crippen LogP contribution in [-0.4, -0.2) is 9.91 Å². The van der Waals surface area contributed by atoms with Crippen LogP contribution in [0.1, 0.15) is 22.7 Å². The number of nitrogens with zero attached hydrogens (tertiary/aromatic N) is 2. The normalized spacial score (nSPS) is 12.1. The van der Waals surface area contributed by atoms with Crippen molar-refractivity contribution in [2.24, 2.45) is 0 Å². The molecule has 2 heterocycles. The molecule has 18 heavy (non-hydrogen) atoms. The minimum Gasteiger partial charge on any atom is -0.357 e. The number of nitrogens with one attached hydrogen (secondary N) is 1. The number of pyridine rings is 1. The third-order valence-electron chi connectivity index (χ3n) is 2.52. The predicted molar refractivity (Wildman–Crippen MR) is 72.0 cm³/mol. The third-order valence-corrected chi connectivity index (χ3v) is 3.71. The lowest BCUT2D eigenvalue weighted by Gasteiger charge is -2.12. The predicted octanol–water partition coefficient (Wildman–Crippen LogP) is 3.53. The van der Waals surface area contributed by atoms with Crippen LogP contribution in [0, 0.1) is 17.0 Å².